The van der Waals surface area contributed by atoms with Gasteiger partial charge in [-0.3, -0.25) is 9.78 Å². The molecule has 7 heteroatoms. The Morgan fingerprint density at radius 3 is 2.67 bits per heavy atom. The molecule has 2 rings (SSSR count). The van der Waals surface area contributed by atoms with Crippen LogP contribution in [0.4, 0.5) is 13.2 Å². The van der Waals surface area contributed by atoms with Crippen LogP contribution in [0.2, 0.25) is 0 Å². The molecule has 24 heavy (non-hydrogen) atoms. The van der Waals surface area contributed by atoms with E-state index in [0.717, 1.165) is 17.8 Å². The number of hydrogen-bond acceptors (Lipinski definition) is 3. The van der Waals surface area contributed by atoms with Gasteiger partial charge in [-0.25, -0.2) is 0 Å². The summed E-state index contributed by atoms with van der Waals surface area (Å²) in [6, 6.07) is 9.81. The van der Waals surface area contributed by atoms with Gasteiger partial charge in [-0.1, -0.05) is 18.2 Å². The minimum atomic E-state index is -4.47. The van der Waals surface area contributed by atoms with Gasteiger partial charge >= 0.3 is 6.18 Å². The number of aryl methyl sites for hydroxylation is 1. The highest BCUT2D eigenvalue weighted by molar-refractivity contribution is 5.76. The molecule has 1 heterocycles. The van der Waals surface area contributed by atoms with E-state index >= 15 is 0 Å². The molecule has 4 nitrogen and oxygen atoms in total. The number of rotatable bonds is 6. The summed E-state index contributed by atoms with van der Waals surface area (Å²) >= 11 is 0. The van der Waals surface area contributed by atoms with Crippen LogP contribution in [-0.4, -0.2) is 22.5 Å². The van der Waals surface area contributed by atoms with Crippen LogP contribution in [0.1, 0.15) is 29.3 Å². The third-order valence-corrected chi connectivity index (χ3v) is 3.43. The number of aromatic nitrogens is 1. The third kappa shape index (κ3) is 5.34. The Labute approximate surface area is 137 Å². The van der Waals surface area contributed by atoms with Gasteiger partial charge in [0.2, 0.25) is 5.91 Å². The second kappa shape index (κ2) is 7.92. The summed E-state index contributed by atoms with van der Waals surface area (Å²) in [7, 11) is 0. The molecule has 0 radical (unpaired) electrons. The average Bonchev–Trinajstić information content (AvgIpc) is 2.58. The Morgan fingerprint density at radius 1 is 1.21 bits per heavy atom. The maximum atomic E-state index is 12.6. The highest BCUT2D eigenvalue weighted by atomic mass is 19.4. The summed E-state index contributed by atoms with van der Waals surface area (Å²) in [5, 5.41) is 12.5. The van der Waals surface area contributed by atoms with Crippen molar-refractivity contribution in [2.75, 3.05) is 6.54 Å². The predicted octanol–water partition coefficient (Wildman–Crippen LogP) is 2.88. The molecule has 1 aromatic heterocycles. The topological polar surface area (TPSA) is 62.2 Å². The van der Waals surface area contributed by atoms with Crippen molar-refractivity contribution in [3.8, 4) is 0 Å². The Hall–Kier alpha value is -2.41. The van der Waals surface area contributed by atoms with Gasteiger partial charge in [0, 0.05) is 24.9 Å². The van der Waals surface area contributed by atoms with Crippen molar-refractivity contribution in [1.82, 2.24) is 10.3 Å². The number of aliphatic hydroxyl groups excluding tert-OH is 1. The molecule has 2 N–H and O–H groups in total. The molecule has 0 aliphatic heterocycles. The second-order valence-electron chi connectivity index (χ2n) is 5.26. The van der Waals surface area contributed by atoms with Gasteiger partial charge in [-0.15, -0.1) is 0 Å². The number of nitrogens with one attached hydrogen (secondary N) is 1. The van der Waals surface area contributed by atoms with Crippen molar-refractivity contribution in [2.24, 2.45) is 0 Å². The number of carbonyl (C=O) groups excluding carboxylic acids is 1. The third-order valence-electron chi connectivity index (χ3n) is 3.43. The van der Waals surface area contributed by atoms with Crippen LogP contribution in [0.5, 0.6) is 0 Å². The number of nitrogens with zero attached hydrogens (tertiary/aromatic N) is 1. The van der Waals surface area contributed by atoms with Crippen LogP contribution in [0.15, 0.2) is 48.7 Å². The molecule has 0 saturated carbocycles. The van der Waals surface area contributed by atoms with E-state index in [1.165, 1.54) is 12.1 Å². The standard InChI is InChI=1S/C17H17F3N2O2/c18-17(19,20)13-5-3-4-12(10-13)15(23)11-22-16(24)8-7-14-6-1-2-9-21-14/h1-6,9-10,15,23H,7-8,11H2,(H,22,24). The molecule has 0 fully saturated rings. The molecule has 0 saturated heterocycles. The Kier molecular flexibility index (Phi) is 5.92. The first kappa shape index (κ1) is 17.9. The Balaban J connectivity index is 1.84. The first-order chi connectivity index (χ1) is 11.4. The van der Waals surface area contributed by atoms with Gasteiger partial charge in [0.1, 0.15) is 0 Å². The average molecular weight is 338 g/mol. The number of pyridine rings is 1. The lowest BCUT2D eigenvalue weighted by Crippen LogP contribution is -2.28. The first-order valence-corrected chi connectivity index (χ1v) is 7.38. The highest BCUT2D eigenvalue weighted by Crippen LogP contribution is 2.30. The van der Waals surface area contributed by atoms with Gasteiger partial charge in [-0.05, 0) is 36.2 Å². The summed E-state index contributed by atoms with van der Waals surface area (Å²) in [4.78, 5) is 15.8. The fraction of sp³-hybridized carbons (Fsp3) is 0.294. The molecule has 1 unspecified atom stereocenters. The molecule has 0 aliphatic rings. The number of alkyl halides is 3. The largest absolute Gasteiger partial charge is 0.416 e. The molecule has 1 aromatic carbocycles. The summed E-state index contributed by atoms with van der Waals surface area (Å²) < 4.78 is 37.9. The van der Waals surface area contributed by atoms with Crippen molar-refractivity contribution in [1.29, 1.82) is 0 Å². The van der Waals surface area contributed by atoms with Crippen LogP contribution < -0.4 is 5.32 Å². The lowest BCUT2D eigenvalue weighted by Gasteiger charge is -2.14. The van der Waals surface area contributed by atoms with E-state index in [9.17, 15) is 23.1 Å². The Morgan fingerprint density at radius 2 is 2.00 bits per heavy atom. The van der Waals surface area contributed by atoms with Gasteiger partial charge < -0.3 is 10.4 Å². The van der Waals surface area contributed by atoms with E-state index < -0.39 is 17.8 Å². The minimum Gasteiger partial charge on any atom is -0.387 e. The number of aliphatic hydroxyl groups is 1. The lowest BCUT2D eigenvalue weighted by molar-refractivity contribution is -0.137. The van der Waals surface area contributed by atoms with Gasteiger partial charge in [0.25, 0.3) is 0 Å². The van der Waals surface area contributed by atoms with Gasteiger partial charge in [0.15, 0.2) is 0 Å². The molecule has 0 aliphatic carbocycles. The zero-order valence-electron chi connectivity index (χ0n) is 12.8. The smallest absolute Gasteiger partial charge is 0.387 e. The molecule has 0 spiro atoms. The number of hydrogen-bond donors (Lipinski definition) is 2. The van der Waals surface area contributed by atoms with Crippen LogP contribution in [0.3, 0.4) is 0 Å². The van der Waals surface area contributed by atoms with Gasteiger partial charge in [-0.2, -0.15) is 13.2 Å². The molecular formula is C17H17F3N2O2. The second-order valence-corrected chi connectivity index (χ2v) is 5.26. The molecule has 2 aromatic rings. The maximum absolute atomic E-state index is 12.6. The summed E-state index contributed by atoms with van der Waals surface area (Å²) in [5.74, 6) is -0.299. The SMILES string of the molecule is O=C(CCc1ccccn1)NCC(O)c1cccc(C(F)(F)F)c1. The summed E-state index contributed by atoms with van der Waals surface area (Å²) in [5.41, 5.74) is 0.0430. The number of benzene rings is 1. The van der Waals surface area contributed by atoms with E-state index in [4.69, 9.17) is 0 Å². The normalized spacial score (nSPS) is 12.7. The van der Waals surface area contributed by atoms with E-state index in [1.807, 2.05) is 6.07 Å². The predicted molar refractivity (Wildman–Crippen MR) is 82.0 cm³/mol. The van der Waals surface area contributed by atoms with Crippen molar-refractivity contribution in [3.05, 3.63) is 65.5 Å². The van der Waals surface area contributed by atoms with E-state index in [-0.39, 0.29) is 24.4 Å². The number of carbonyl (C=O) groups is 1. The maximum Gasteiger partial charge on any atom is 0.416 e. The Bertz CT molecular complexity index is 675. The molecular weight excluding hydrogens is 321 g/mol. The van der Waals surface area contributed by atoms with Gasteiger partial charge in [0.05, 0.1) is 11.7 Å². The zero-order chi connectivity index (χ0) is 17.6. The van der Waals surface area contributed by atoms with Crippen LogP contribution in [-0.2, 0) is 17.4 Å². The van der Waals surface area contributed by atoms with E-state index in [2.05, 4.69) is 10.3 Å². The van der Waals surface area contributed by atoms with E-state index in [1.54, 1.807) is 18.3 Å². The summed E-state index contributed by atoms with van der Waals surface area (Å²) in [6.07, 6.45) is -3.41. The molecule has 128 valence electrons. The lowest BCUT2D eigenvalue weighted by atomic mass is 10.1. The monoisotopic (exact) mass is 338 g/mol. The van der Waals surface area contributed by atoms with Crippen molar-refractivity contribution in [2.45, 2.75) is 25.1 Å². The van der Waals surface area contributed by atoms with Crippen molar-refractivity contribution < 1.29 is 23.1 Å². The van der Waals surface area contributed by atoms with Crippen LogP contribution >= 0.6 is 0 Å². The van der Waals surface area contributed by atoms with Crippen molar-refractivity contribution >= 4 is 5.91 Å². The fourth-order valence-electron chi connectivity index (χ4n) is 2.13. The quantitative estimate of drug-likeness (QED) is 0.851. The fourth-order valence-corrected chi connectivity index (χ4v) is 2.13. The van der Waals surface area contributed by atoms with Crippen LogP contribution in [0.25, 0.3) is 0 Å². The first-order valence-electron chi connectivity index (χ1n) is 7.38. The zero-order valence-corrected chi connectivity index (χ0v) is 12.8. The summed E-state index contributed by atoms with van der Waals surface area (Å²) in [6.45, 7) is -0.150. The molecule has 1 atom stereocenters. The highest BCUT2D eigenvalue weighted by Gasteiger charge is 2.30. The molecule has 1 amide bonds. The van der Waals surface area contributed by atoms with Crippen molar-refractivity contribution in [3.63, 3.8) is 0 Å². The number of halogens is 3. The minimum absolute atomic E-state index is 0.106. The number of amides is 1. The molecule has 0 bridgehead atoms. The van der Waals surface area contributed by atoms with E-state index in [0.29, 0.717) is 6.42 Å². The van der Waals surface area contributed by atoms with Crippen LogP contribution in [0, 0.1) is 0 Å².